The fourth-order valence-electron chi connectivity index (χ4n) is 5.97. The van der Waals surface area contributed by atoms with E-state index >= 15 is 0 Å². The number of carbonyl (C=O) groups is 1. The van der Waals surface area contributed by atoms with Gasteiger partial charge in [-0.05, 0) is 55.5 Å². The lowest BCUT2D eigenvalue weighted by Crippen LogP contribution is -2.42. The highest BCUT2D eigenvalue weighted by molar-refractivity contribution is 8.24. The highest BCUT2D eigenvalue weighted by Crippen LogP contribution is 2.44. The van der Waals surface area contributed by atoms with Crippen molar-refractivity contribution >= 4 is 22.2 Å². The van der Waals surface area contributed by atoms with Crippen LogP contribution in [0.5, 0.6) is 0 Å². The zero-order valence-corrected chi connectivity index (χ0v) is 23.1. The van der Waals surface area contributed by atoms with E-state index in [-0.39, 0.29) is 23.6 Å². The van der Waals surface area contributed by atoms with Crippen molar-refractivity contribution in [2.45, 2.75) is 50.0 Å². The lowest BCUT2D eigenvalue weighted by Gasteiger charge is -2.41. The zero-order valence-electron chi connectivity index (χ0n) is 22.3. The van der Waals surface area contributed by atoms with Gasteiger partial charge in [-0.2, -0.15) is 21.0 Å². The molecule has 3 N–H and O–H groups in total. The molecule has 40 heavy (non-hydrogen) atoms. The molecule has 0 unspecified atom stereocenters. The molecule has 0 bridgehead atoms. The molecular formula is C30H34FN5O3S. The molecule has 8 nitrogen and oxygen atoms in total. The Morgan fingerprint density at radius 2 is 1.77 bits per heavy atom. The SMILES string of the molecule is N#CC1(NC(=O)[C@@H]2CCCC[C@H]2c2nn(-c3ccccc3F)cc2-c2ccc(N3CCS(O)(O)CC3)cc2)CC1. The van der Waals surface area contributed by atoms with Gasteiger partial charge in [0, 0.05) is 42.4 Å². The molecule has 3 aromatic rings. The molecule has 1 amide bonds. The van der Waals surface area contributed by atoms with E-state index in [4.69, 9.17) is 5.10 Å². The van der Waals surface area contributed by atoms with E-state index in [2.05, 4.69) is 16.3 Å². The summed E-state index contributed by atoms with van der Waals surface area (Å²) < 4.78 is 36.3. The number of rotatable bonds is 6. The zero-order chi connectivity index (χ0) is 27.9. The Morgan fingerprint density at radius 3 is 2.45 bits per heavy atom. The summed E-state index contributed by atoms with van der Waals surface area (Å²) in [5.41, 5.74) is 3.16. The molecule has 10 heteroatoms. The van der Waals surface area contributed by atoms with E-state index in [9.17, 15) is 23.6 Å². The van der Waals surface area contributed by atoms with Gasteiger partial charge in [0.2, 0.25) is 5.91 Å². The van der Waals surface area contributed by atoms with E-state index in [0.717, 1.165) is 48.2 Å². The monoisotopic (exact) mass is 563 g/mol. The first-order valence-electron chi connectivity index (χ1n) is 13.9. The summed E-state index contributed by atoms with van der Waals surface area (Å²) in [6.07, 6.45) is 6.63. The van der Waals surface area contributed by atoms with Crippen LogP contribution in [0.3, 0.4) is 0 Å². The van der Waals surface area contributed by atoms with Gasteiger partial charge in [-0.15, -0.1) is 0 Å². The molecular weight excluding hydrogens is 529 g/mol. The summed E-state index contributed by atoms with van der Waals surface area (Å²) in [7, 11) is -2.48. The van der Waals surface area contributed by atoms with Crippen LogP contribution >= 0.6 is 10.6 Å². The predicted molar refractivity (Wildman–Crippen MR) is 154 cm³/mol. The second kappa shape index (κ2) is 10.5. The lowest BCUT2D eigenvalue weighted by molar-refractivity contribution is -0.127. The van der Waals surface area contributed by atoms with E-state index < -0.39 is 16.1 Å². The Morgan fingerprint density at radius 1 is 1.07 bits per heavy atom. The van der Waals surface area contributed by atoms with Crippen molar-refractivity contribution in [2.24, 2.45) is 5.92 Å². The maximum absolute atomic E-state index is 14.8. The van der Waals surface area contributed by atoms with Crippen LogP contribution in [0, 0.1) is 23.1 Å². The molecule has 2 aliphatic carbocycles. The average molecular weight is 564 g/mol. The largest absolute Gasteiger partial charge is 0.368 e. The second-order valence-electron chi connectivity index (χ2n) is 11.2. The number of amides is 1. The Balaban J connectivity index is 1.35. The fraction of sp³-hybridized carbons (Fsp3) is 0.433. The van der Waals surface area contributed by atoms with Crippen LogP contribution in [0.1, 0.15) is 50.1 Å². The number of halogens is 1. The van der Waals surface area contributed by atoms with Crippen LogP contribution < -0.4 is 10.2 Å². The average Bonchev–Trinajstić information content (AvgIpc) is 3.60. The molecule has 210 valence electrons. The van der Waals surface area contributed by atoms with E-state index in [0.29, 0.717) is 43.1 Å². The molecule has 2 atom stereocenters. The summed E-state index contributed by atoms with van der Waals surface area (Å²) in [4.78, 5) is 15.6. The van der Waals surface area contributed by atoms with Crippen molar-refractivity contribution in [2.75, 3.05) is 29.5 Å². The van der Waals surface area contributed by atoms with Crippen LogP contribution in [0.4, 0.5) is 10.1 Å². The van der Waals surface area contributed by atoms with Crippen LogP contribution in [-0.2, 0) is 4.79 Å². The molecule has 3 aliphatic rings. The molecule has 3 fully saturated rings. The number of hydrogen-bond acceptors (Lipinski definition) is 6. The maximum atomic E-state index is 14.8. The van der Waals surface area contributed by atoms with E-state index in [1.54, 1.807) is 22.9 Å². The second-order valence-corrected chi connectivity index (χ2v) is 13.7. The predicted octanol–water partition coefficient (Wildman–Crippen LogP) is 5.70. The van der Waals surface area contributed by atoms with Gasteiger partial charge in [-0.1, -0.05) is 37.1 Å². The number of nitrogens with zero attached hydrogens (tertiary/aromatic N) is 4. The summed E-state index contributed by atoms with van der Waals surface area (Å²) in [5.74, 6) is -0.203. The van der Waals surface area contributed by atoms with Crippen molar-refractivity contribution < 1.29 is 18.3 Å². The number of nitrogens with one attached hydrogen (secondary N) is 1. The number of nitriles is 1. The number of aromatic nitrogens is 2. The summed E-state index contributed by atoms with van der Waals surface area (Å²) >= 11 is 0. The van der Waals surface area contributed by atoms with E-state index in [1.807, 2.05) is 30.5 Å². The molecule has 1 saturated heterocycles. The third-order valence-corrected chi connectivity index (χ3v) is 10.2. The molecule has 2 saturated carbocycles. The Kier molecular flexibility index (Phi) is 7.07. The van der Waals surface area contributed by atoms with Gasteiger partial charge < -0.3 is 10.2 Å². The molecule has 2 aromatic carbocycles. The van der Waals surface area contributed by atoms with Gasteiger partial charge in [0.15, 0.2) is 0 Å². The first-order valence-corrected chi connectivity index (χ1v) is 15.8. The quantitative estimate of drug-likeness (QED) is 0.355. The minimum absolute atomic E-state index is 0.0958. The molecule has 2 heterocycles. The molecule has 0 spiro atoms. The van der Waals surface area contributed by atoms with Gasteiger partial charge in [0.05, 0.1) is 23.3 Å². The first-order chi connectivity index (χ1) is 19.3. The summed E-state index contributed by atoms with van der Waals surface area (Å²) in [5, 5.41) is 17.4. The van der Waals surface area contributed by atoms with Gasteiger partial charge in [-0.25, -0.2) is 9.07 Å². The van der Waals surface area contributed by atoms with Gasteiger partial charge >= 0.3 is 0 Å². The van der Waals surface area contributed by atoms with Crippen LogP contribution in [0.25, 0.3) is 16.8 Å². The Bertz CT molecular complexity index is 1440. The Hall–Kier alpha value is -3.39. The van der Waals surface area contributed by atoms with Crippen molar-refractivity contribution in [1.82, 2.24) is 15.1 Å². The normalized spacial score (nSPS) is 24.1. The molecule has 0 radical (unpaired) electrons. The number of carbonyl (C=O) groups excluding carboxylic acids is 1. The molecule has 1 aliphatic heterocycles. The lowest BCUT2D eigenvalue weighted by atomic mass is 9.75. The molecule has 1 aromatic heterocycles. The number of benzene rings is 2. The minimum atomic E-state index is -2.48. The molecule has 6 rings (SSSR count). The van der Waals surface area contributed by atoms with Crippen molar-refractivity contribution in [3.8, 4) is 22.9 Å². The van der Waals surface area contributed by atoms with E-state index in [1.165, 1.54) is 6.07 Å². The third-order valence-electron chi connectivity index (χ3n) is 8.54. The third kappa shape index (κ3) is 5.33. The number of para-hydroxylation sites is 1. The highest BCUT2D eigenvalue weighted by Gasteiger charge is 2.47. The number of anilines is 1. The van der Waals surface area contributed by atoms with Gasteiger partial charge in [0.25, 0.3) is 0 Å². The standard InChI is InChI=1S/C30H34FN5O3S/c31-26-7-3-4-8-27(26)36-19-25(21-9-11-22(12-10-21)35-15-17-40(38,39)18-16-35)28(34-36)23-5-1-2-6-24(23)29(37)33-30(20-32)13-14-30/h3-4,7-12,19,23-24,38-39H,1-2,5-6,13-18H2,(H,33,37)/t23-,24-/m1/s1. The van der Waals surface area contributed by atoms with Gasteiger partial charge in [0.1, 0.15) is 17.0 Å². The van der Waals surface area contributed by atoms with Crippen molar-refractivity contribution in [1.29, 1.82) is 5.26 Å². The van der Waals surface area contributed by atoms with Crippen LogP contribution in [0.2, 0.25) is 0 Å². The fourth-order valence-corrected chi connectivity index (χ4v) is 7.20. The smallest absolute Gasteiger partial charge is 0.225 e. The van der Waals surface area contributed by atoms with Crippen LogP contribution in [-0.4, -0.2) is 54.9 Å². The topological polar surface area (TPSA) is 114 Å². The van der Waals surface area contributed by atoms with Crippen LogP contribution in [0.15, 0.2) is 54.7 Å². The number of hydrogen-bond donors (Lipinski definition) is 3. The summed E-state index contributed by atoms with van der Waals surface area (Å²) in [6.45, 7) is 1.17. The van der Waals surface area contributed by atoms with Gasteiger partial charge in [-0.3, -0.25) is 13.9 Å². The maximum Gasteiger partial charge on any atom is 0.225 e. The highest BCUT2D eigenvalue weighted by atomic mass is 32.3. The first kappa shape index (κ1) is 26.8. The summed E-state index contributed by atoms with van der Waals surface area (Å²) in [6, 6.07) is 16.8. The van der Waals surface area contributed by atoms with Crippen molar-refractivity contribution in [3.63, 3.8) is 0 Å². The Labute approximate surface area is 235 Å². The minimum Gasteiger partial charge on any atom is -0.368 e. The van der Waals surface area contributed by atoms with Crippen molar-refractivity contribution in [3.05, 3.63) is 66.2 Å².